The number of ether oxygens (including phenoxy) is 1. The molecule has 2 heterocycles. The van der Waals surface area contributed by atoms with E-state index in [0.717, 1.165) is 10.9 Å². The summed E-state index contributed by atoms with van der Waals surface area (Å²) in [6.45, 7) is 3.07. The number of hydrogen-bond acceptors (Lipinski definition) is 4. The van der Waals surface area contributed by atoms with E-state index < -0.39 is 5.54 Å². The maximum Gasteiger partial charge on any atom is 0.240 e. The Kier molecular flexibility index (Phi) is 5.29. The van der Waals surface area contributed by atoms with E-state index in [-0.39, 0.29) is 30.7 Å². The molecule has 23 heavy (non-hydrogen) atoms. The van der Waals surface area contributed by atoms with E-state index in [4.69, 9.17) is 14.9 Å². The Morgan fingerprint density at radius 2 is 2.09 bits per heavy atom. The van der Waals surface area contributed by atoms with Gasteiger partial charge in [-0.1, -0.05) is 0 Å². The molecule has 1 amide bonds. The maximum atomic E-state index is 13.3. The van der Waals surface area contributed by atoms with Crippen LogP contribution in [0.3, 0.4) is 0 Å². The van der Waals surface area contributed by atoms with Gasteiger partial charge in [0.1, 0.15) is 17.2 Å². The van der Waals surface area contributed by atoms with Crippen molar-refractivity contribution >= 4 is 29.3 Å². The van der Waals surface area contributed by atoms with Gasteiger partial charge in [0.15, 0.2) is 0 Å². The average Bonchev–Trinajstić information content (AvgIpc) is 2.82. The summed E-state index contributed by atoms with van der Waals surface area (Å²) in [7, 11) is 0. The third-order valence-corrected chi connectivity index (χ3v) is 4.24. The molecule has 126 valence electrons. The Bertz CT molecular complexity index is 711. The van der Waals surface area contributed by atoms with E-state index in [2.05, 4.69) is 5.32 Å². The van der Waals surface area contributed by atoms with E-state index in [0.29, 0.717) is 37.4 Å². The van der Waals surface area contributed by atoms with Gasteiger partial charge in [-0.05, 0) is 38.0 Å². The second kappa shape index (κ2) is 6.86. The number of amides is 1. The van der Waals surface area contributed by atoms with E-state index in [9.17, 15) is 9.18 Å². The number of fused-ring (bicyclic) bond motifs is 1. The fourth-order valence-corrected chi connectivity index (χ4v) is 2.71. The summed E-state index contributed by atoms with van der Waals surface area (Å²) in [6, 6.07) is 4.37. The molecular formula is C16H20ClFN2O3. The zero-order chi connectivity index (χ0) is 15.7. The third kappa shape index (κ3) is 3.49. The fourth-order valence-electron chi connectivity index (χ4n) is 2.71. The predicted octanol–water partition coefficient (Wildman–Crippen LogP) is 2.43. The molecule has 3 rings (SSSR count). The highest BCUT2D eigenvalue weighted by Crippen LogP contribution is 2.26. The molecule has 3 N–H and O–H groups in total. The van der Waals surface area contributed by atoms with Crippen molar-refractivity contribution in [1.29, 1.82) is 0 Å². The lowest BCUT2D eigenvalue weighted by molar-refractivity contribution is -0.130. The number of aryl methyl sites for hydroxylation is 1. The van der Waals surface area contributed by atoms with Gasteiger partial charge in [0.2, 0.25) is 5.91 Å². The zero-order valence-corrected chi connectivity index (χ0v) is 13.7. The minimum absolute atomic E-state index is 0. The summed E-state index contributed by atoms with van der Waals surface area (Å²) in [4.78, 5) is 12.3. The van der Waals surface area contributed by atoms with Crippen LogP contribution >= 0.6 is 12.4 Å². The monoisotopic (exact) mass is 342 g/mol. The normalized spacial score (nSPS) is 16.8. The summed E-state index contributed by atoms with van der Waals surface area (Å²) in [5.74, 6) is 0.0987. The van der Waals surface area contributed by atoms with Crippen LogP contribution in [-0.2, 0) is 16.1 Å². The Balaban J connectivity index is 0.00000192. The van der Waals surface area contributed by atoms with Gasteiger partial charge in [-0.15, -0.1) is 12.4 Å². The highest BCUT2D eigenvalue weighted by Gasteiger charge is 2.35. The molecule has 0 radical (unpaired) electrons. The van der Waals surface area contributed by atoms with Crippen molar-refractivity contribution in [3.8, 4) is 0 Å². The standard InChI is InChI=1S/C16H19FN2O3.ClH/c1-10-12-8-11(17)2-3-13(12)22-14(10)9-19-15(20)16(18)4-6-21-7-5-16;/h2-3,8H,4-7,9,18H2,1H3,(H,19,20);1H. The van der Waals surface area contributed by atoms with Crippen molar-refractivity contribution in [2.75, 3.05) is 13.2 Å². The largest absolute Gasteiger partial charge is 0.459 e. The number of benzene rings is 1. The van der Waals surface area contributed by atoms with Crippen LogP contribution in [-0.4, -0.2) is 24.7 Å². The number of carbonyl (C=O) groups excluding carboxylic acids is 1. The number of nitrogens with one attached hydrogen (secondary N) is 1. The lowest BCUT2D eigenvalue weighted by Gasteiger charge is -2.31. The molecule has 0 saturated carbocycles. The SMILES string of the molecule is Cc1c(CNC(=O)C2(N)CCOCC2)oc2ccc(F)cc12.Cl. The Morgan fingerprint density at radius 3 is 2.78 bits per heavy atom. The van der Waals surface area contributed by atoms with Crippen molar-refractivity contribution in [3.63, 3.8) is 0 Å². The first-order chi connectivity index (χ1) is 10.5. The molecule has 1 fully saturated rings. The molecule has 0 spiro atoms. The summed E-state index contributed by atoms with van der Waals surface area (Å²) >= 11 is 0. The first-order valence-electron chi connectivity index (χ1n) is 7.32. The molecule has 0 bridgehead atoms. The second-order valence-corrected chi connectivity index (χ2v) is 5.74. The van der Waals surface area contributed by atoms with Crippen LogP contribution < -0.4 is 11.1 Å². The zero-order valence-electron chi connectivity index (χ0n) is 12.9. The third-order valence-electron chi connectivity index (χ3n) is 4.24. The lowest BCUT2D eigenvalue weighted by atomic mass is 9.90. The lowest BCUT2D eigenvalue weighted by Crippen LogP contribution is -2.56. The number of halogens is 2. The van der Waals surface area contributed by atoms with Crippen LogP contribution in [0, 0.1) is 12.7 Å². The van der Waals surface area contributed by atoms with Gasteiger partial charge in [0.05, 0.1) is 12.1 Å². The molecule has 1 saturated heterocycles. The first-order valence-corrected chi connectivity index (χ1v) is 7.32. The molecule has 0 aliphatic carbocycles. The minimum atomic E-state index is -0.885. The molecule has 1 aromatic heterocycles. The van der Waals surface area contributed by atoms with Crippen molar-refractivity contribution in [2.45, 2.75) is 31.8 Å². The summed E-state index contributed by atoms with van der Waals surface area (Å²) in [5, 5.41) is 3.54. The number of nitrogens with two attached hydrogens (primary N) is 1. The van der Waals surface area contributed by atoms with Crippen LogP contribution in [0.2, 0.25) is 0 Å². The van der Waals surface area contributed by atoms with Crippen LogP contribution in [0.25, 0.3) is 11.0 Å². The molecule has 1 aliphatic heterocycles. The van der Waals surface area contributed by atoms with Crippen LogP contribution in [0.1, 0.15) is 24.2 Å². The predicted molar refractivity (Wildman–Crippen MR) is 87.0 cm³/mol. The smallest absolute Gasteiger partial charge is 0.240 e. The van der Waals surface area contributed by atoms with Gasteiger partial charge in [-0.2, -0.15) is 0 Å². The van der Waals surface area contributed by atoms with Gasteiger partial charge in [0, 0.05) is 24.2 Å². The summed E-state index contributed by atoms with van der Waals surface area (Å²) < 4.78 is 24.2. The van der Waals surface area contributed by atoms with Crippen molar-refractivity contribution in [2.24, 2.45) is 5.73 Å². The van der Waals surface area contributed by atoms with Crippen LogP contribution in [0.4, 0.5) is 4.39 Å². The molecule has 1 aromatic carbocycles. The van der Waals surface area contributed by atoms with Crippen LogP contribution in [0.5, 0.6) is 0 Å². The number of hydrogen-bond donors (Lipinski definition) is 2. The number of furan rings is 1. The highest BCUT2D eigenvalue weighted by molar-refractivity contribution is 5.86. The Morgan fingerprint density at radius 1 is 1.39 bits per heavy atom. The number of rotatable bonds is 3. The van der Waals surface area contributed by atoms with E-state index in [1.165, 1.54) is 12.1 Å². The molecule has 0 unspecified atom stereocenters. The fraction of sp³-hybridized carbons (Fsp3) is 0.438. The topological polar surface area (TPSA) is 77.5 Å². The number of carbonyl (C=O) groups is 1. The maximum absolute atomic E-state index is 13.3. The quantitative estimate of drug-likeness (QED) is 0.898. The van der Waals surface area contributed by atoms with Gasteiger partial charge in [-0.25, -0.2) is 4.39 Å². The average molecular weight is 343 g/mol. The van der Waals surface area contributed by atoms with Gasteiger partial charge < -0.3 is 20.2 Å². The van der Waals surface area contributed by atoms with Crippen molar-refractivity contribution in [1.82, 2.24) is 5.32 Å². The minimum Gasteiger partial charge on any atom is -0.459 e. The van der Waals surface area contributed by atoms with Crippen LogP contribution in [0.15, 0.2) is 22.6 Å². The van der Waals surface area contributed by atoms with Crippen molar-refractivity contribution < 1.29 is 18.3 Å². The van der Waals surface area contributed by atoms with E-state index in [1.807, 2.05) is 6.92 Å². The van der Waals surface area contributed by atoms with Gasteiger partial charge in [-0.3, -0.25) is 4.79 Å². The molecular weight excluding hydrogens is 323 g/mol. The van der Waals surface area contributed by atoms with Gasteiger partial charge >= 0.3 is 0 Å². The van der Waals surface area contributed by atoms with Gasteiger partial charge in [0.25, 0.3) is 0 Å². The van der Waals surface area contributed by atoms with Crippen molar-refractivity contribution in [3.05, 3.63) is 35.3 Å². The Labute approximate surface area is 139 Å². The second-order valence-electron chi connectivity index (χ2n) is 5.74. The van der Waals surface area contributed by atoms with E-state index in [1.54, 1.807) is 6.07 Å². The summed E-state index contributed by atoms with van der Waals surface area (Å²) in [6.07, 6.45) is 1.01. The molecule has 5 nitrogen and oxygen atoms in total. The molecule has 1 aliphatic rings. The summed E-state index contributed by atoms with van der Waals surface area (Å²) in [5.41, 5.74) is 6.68. The molecule has 7 heteroatoms. The van der Waals surface area contributed by atoms with E-state index >= 15 is 0 Å². The molecule has 0 atom stereocenters. The Hall–Kier alpha value is -1.63. The first kappa shape index (κ1) is 17.7. The highest BCUT2D eigenvalue weighted by atomic mass is 35.5. The molecule has 2 aromatic rings.